The van der Waals surface area contributed by atoms with E-state index < -0.39 is 0 Å². The molecule has 0 saturated carbocycles. The largest absolute Gasteiger partial charge is 0.507 e. The summed E-state index contributed by atoms with van der Waals surface area (Å²) in [7, 11) is 0. The van der Waals surface area contributed by atoms with Gasteiger partial charge in [-0.1, -0.05) is 22.0 Å². The van der Waals surface area contributed by atoms with Crippen molar-refractivity contribution < 1.29 is 9.90 Å². The Hall–Kier alpha value is -1.03. The van der Waals surface area contributed by atoms with Gasteiger partial charge in [-0.05, 0) is 31.0 Å². The quantitative estimate of drug-likeness (QED) is 0.804. The first kappa shape index (κ1) is 11.5. The molecule has 1 unspecified atom stereocenters. The molecule has 1 heterocycles. The molecule has 1 saturated heterocycles. The number of carbonyl (C=O) groups is 1. The van der Waals surface area contributed by atoms with Crippen molar-refractivity contribution in [1.82, 2.24) is 4.90 Å². The number of phenols is 1. The van der Waals surface area contributed by atoms with Crippen LogP contribution >= 0.6 is 15.9 Å². The molecule has 16 heavy (non-hydrogen) atoms. The molecule has 0 spiro atoms. The minimum Gasteiger partial charge on any atom is -0.507 e. The van der Waals surface area contributed by atoms with E-state index in [0.29, 0.717) is 16.9 Å². The first-order valence-electron chi connectivity index (χ1n) is 5.31. The van der Waals surface area contributed by atoms with Gasteiger partial charge in [0.1, 0.15) is 5.75 Å². The minimum absolute atomic E-state index is 0.0722. The summed E-state index contributed by atoms with van der Waals surface area (Å²) in [6.07, 6.45) is 0.971. The van der Waals surface area contributed by atoms with Crippen molar-refractivity contribution >= 4 is 21.8 Å². The van der Waals surface area contributed by atoms with E-state index in [1.165, 1.54) is 0 Å². The fraction of sp³-hybridized carbons (Fsp3) is 0.417. The summed E-state index contributed by atoms with van der Waals surface area (Å²) in [5.74, 6) is -0.0116. The maximum Gasteiger partial charge on any atom is 0.257 e. The molecule has 1 fully saturated rings. The van der Waals surface area contributed by atoms with E-state index >= 15 is 0 Å². The van der Waals surface area contributed by atoms with Crippen molar-refractivity contribution in [3.05, 3.63) is 29.3 Å². The second-order valence-electron chi connectivity index (χ2n) is 4.16. The SMILES string of the molecule is Cc1ccc(C(=O)N2CCC(Br)C2)c(O)c1. The molecule has 1 atom stereocenters. The summed E-state index contributed by atoms with van der Waals surface area (Å²) in [6.45, 7) is 3.35. The summed E-state index contributed by atoms with van der Waals surface area (Å²) in [5, 5.41) is 9.73. The molecule has 0 aromatic heterocycles. The van der Waals surface area contributed by atoms with E-state index in [4.69, 9.17) is 0 Å². The van der Waals surface area contributed by atoms with Gasteiger partial charge < -0.3 is 10.0 Å². The van der Waals surface area contributed by atoms with E-state index in [-0.39, 0.29) is 11.7 Å². The number of nitrogens with zero attached hydrogens (tertiary/aromatic N) is 1. The van der Waals surface area contributed by atoms with Crippen LogP contribution in [0.15, 0.2) is 18.2 Å². The number of aryl methyl sites for hydroxylation is 1. The number of aromatic hydroxyl groups is 1. The van der Waals surface area contributed by atoms with Crippen LogP contribution < -0.4 is 0 Å². The Morgan fingerprint density at radius 2 is 2.31 bits per heavy atom. The van der Waals surface area contributed by atoms with Crippen LogP contribution in [0.1, 0.15) is 22.3 Å². The first-order valence-corrected chi connectivity index (χ1v) is 6.22. The third-order valence-electron chi connectivity index (χ3n) is 2.80. The molecule has 1 N–H and O–H groups in total. The number of rotatable bonds is 1. The number of likely N-dealkylation sites (tertiary alicyclic amines) is 1. The summed E-state index contributed by atoms with van der Waals surface area (Å²) in [4.78, 5) is 14.2. The molecule has 0 bridgehead atoms. The van der Waals surface area contributed by atoms with Gasteiger partial charge in [0.05, 0.1) is 5.56 Å². The highest BCUT2D eigenvalue weighted by Crippen LogP contribution is 2.24. The number of amides is 1. The molecular weight excluding hydrogens is 270 g/mol. The number of phenolic OH excluding ortho intramolecular Hbond substituents is 1. The molecule has 4 heteroatoms. The van der Waals surface area contributed by atoms with E-state index in [2.05, 4.69) is 15.9 Å². The molecule has 2 rings (SSSR count). The predicted octanol–water partition coefficient (Wildman–Crippen LogP) is 2.31. The van der Waals surface area contributed by atoms with Gasteiger partial charge in [0.15, 0.2) is 0 Å². The molecular formula is C12H14BrNO2. The van der Waals surface area contributed by atoms with E-state index in [1.54, 1.807) is 17.0 Å². The summed E-state index contributed by atoms with van der Waals surface area (Å²) in [6, 6.07) is 5.15. The minimum atomic E-state index is -0.0838. The first-order chi connectivity index (χ1) is 7.58. The second kappa shape index (κ2) is 4.45. The zero-order valence-electron chi connectivity index (χ0n) is 9.11. The van der Waals surface area contributed by atoms with E-state index in [9.17, 15) is 9.90 Å². The number of hydrogen-bond donors (Lipinski definition) is 1. The number of carbonyl (C=O) groups excluding carboxylic acids is 1. The molecule has 0 aliphatic carbocycles. The third kappa shape index (κ3) is 2.21. The fourth-order valence-corrected chi connectivity index (χ4v) is 2.45. The maximum atomic E-state index is 12.1. The van der Waals surface area contributed by atoms with Crippen molar-refractivity contribution in [3.8, 4) is 5.75 Å². The Labute approximate surface area is 103 Å². The van der Waals surface area contributed by atoms with Gasteiger partial charge in [-0.15, -0.1) is 0 Å². The van der Waals surface area contributed by atoms with Gasteiger partial charge in [0.2, 0.25) is 0 Å². The number of alkyl halides is 1. The van der Waals surface area contributed by atoms with Crippen molar-refractivity contribution in [2.75, 3.05) is 13.1 Å². The van der Waals surface area contributed by atoms with Gasteiger partial charge in [0.25, 0.3) is 5.91 Å². The van der Waals surface area contributed by atoms with Crippen molar-refractivity contribution in [2.45, 2.75) is 18.2 Å². The highest BCUT2D eigenvalue weighted by molar-refractivity contribution is 9.09. The lowest BCUT2D eigenvalue weighted by atomic mass is 10.1. The molecule has 1 amide bonds. The van der Waals surface area contributed by atoms with Crippen LogP contribution in [0, 0.1) is 6.92 Å². The topological polar surface area (TPSA) is 40.5 Å². The van der Waals surface area contributed by atoms with Gasteiger partial charge in [0, 0.05) is 17.9 Å². The van der Waals surface area contributed by atoms with Crippen LogP contribution in [0.2, 0.25) is 0 Å². The lowest BCUT2D eigenvalue weighted by Gasteiger charge is -2.16. The maximum absolute atomic E-state index is 12.1. The Kier molecular flexibility index (Phi) is 3.19. The highest BCUT2D eigenvalue weighted by Gasteiger charge is 2.26. The zero-order chi connectivity index (χ0) is 11.7. The van der Waals surface area contributed by atoms with Gasteiger partial charge in [-0.2, -0.15) is 0 Å². The average molecular weight is 284 g/mol. The van der Waals surface area contributed by atoms with Gasteiger partial charge in [-0.25, -0.2) is 0 Å². The van der Waals surface area contributed by atoms with E-state index in [1.807, 2.05) is 13.0 Å². The summed E-state index contributed by atoms with van der Waals surface area (Å²) >= 11 is 3.49. The molecule has 1 aromatic carbocycles. The molecule has 1 aliphatic rings. The van der Waals surface area contributed by atoms with Crippen LogP contribution in [0.25, 0.3) is 0 Å². The van der Waals surface area contributed by atoms with Gasteiger partial charge >= 0.3 is 0 Å². The normalized spacial score (nSPS) is 20.1. The lowest BCUT2D eigenvalue weighted by Crippen LogP contribution is -2.28. The lowest BCUT2D eigenvalue weighted by molar-refractivity contribution is 0.0790. The Morgan fingerprint density at radius 3 is 2.88 bits per heavy atom. The second-order valence-corrected chi connectivity index (χ2v) is 5.45. The monoisotopic (exact) mass is 283 g/mol. The third-order valence-corrected chi connectivity index (χ3v) is 3.55. The fourth-order valence-electron chi connectivity index (χ4n) is 1.89. The smallest absolute Gasteiger partial charge is 0.257 e. The molecule has 1 aliphatic heterocycles. The Bertz CT molecular complexity index is 419. The molecule has 0 radical (unpaired) electrons. The van der Waals surface area contributed by atoms with Crippen LogP contribution in [0.5, 0.6) is 5.75 Å². The van der Waals surface area contributed by atoms with Crippen molar-refractivity contribution in [2.24, 2.45) is 0 Å². The van der Waals surface area contributed by atoms with Crippen molar-refractivity contribution in [3.63, 3.8) is 0 Å². The van der Waals surface area contributed by atoms with E-state index in [0.717, 1.165) is 18.5 Å². The Morgan fingerprint density at radius 1 is 1.56 bits per heavy atom. The van der Waals surface area contributed by atoms with Crippen LogP contribution in [0.4, 0.5) is 0 Å². The summed E-state index contributed by atoms with van der Waals surface area (Å²) in [5.41, 5.74) is 1.35. The number of halogens is 1. The standard InChI is InChI=1S/C12H14BrNO2/c1-8-2-3-10(11(15)6-8)12(16)14-5-4-9(13)7-14/h2-3,6,9,15H,4-5,7H2,1H3. The van der Waals surface area contributed by atoms with Crippen LogP contribution in [0.3, 0.4) is 0 Å². The molecule has 3 nitrogen and oxygen atoms in total. The van der Waals surface area contributed by atoms with Crippen LogP contribution in [-0.2, 0) is 0 Å². The molecule has 86 valence electrons. The average Bonchev–Trinajstić information content (AvgIpc) is 2.64. The van der Waals surface area contributed by atoms with Gasteiger partial charge in [-0.3, -0.25) is 4.79 Å². The number of hydrogen-bond acceptors (Lipinski definition) is 2. The Balaban J connectivity index is 2.21. The highest BCUT2D eigenvalue weighted by atomic mass is 79.9. The number of benzene rings is 1. The molecule has 1 aromatic rings. The summed E-state index contributed by atoms with van der Waals surface area (Å²) < 4.78 is 0. The van der Waals surface area contributed by atoms with Crippen molar-refractivity contribution in [1.29, 1.82) is 0 Å². The van der Waals surface area contributed by atoms with Crippen LogP contribution in [-0.4, -0.2) is 33.8 Å². The zero-order valence-corrected chi connectivity index (χ0v) is 10.7. The predicted molar refractivity (Wildman–Crippen MR) is 66.1 cm³/mol.